The van der Waals surface area contributed by atoms with Crippen molar-refractivity contribution in [2.24, 2.45) is 5.90 Å². The van der Waals surface area contributed by atoms with Gasteiger partial charge in [-0.25, -0.2) is 14.7 Å². The molecule has 1 unspecified atom stereocenters. The SMILES string of the molecule is CC(ON)c1c(F)cc(Br)cc1F. The average molecular weight is 252 g/mol. The van der Waals surface area contributed by atoms with Crippen molar-refractivity contribution in [2.75, 3.05) is 0 Å². The molecule has 0 amide bonds. The van der Waals surface area contributed by atoms with Crippen LogP contribution in [0.25, 0.3) is 0 Å². The monoisotopic (exact) mass is 251 g/mol. The fourth-order valence-electron chi connectivity index (χ4n) is 1.01. The van der Waals surface area contributed by atoms with Gasteiger partial charge < -0.3 is 0 Å². The number of halogens is 3. The molecule has 0 heterocycles. The normalized spacial score (nSPS) is 13.0. The van der Waals surface area contributed by atoms with Gasteiger partial charge in [-0.3, -0.25) is 4.84 Å². The summed E-state index contributed by atoms with van der Waals surface area (Å²) in [6.07, 6.45) is -0.798. The van der Waals surface area contributed by atoms with Gasteiger partial charge in [0.25, 0.3) is 0 Å². The molecule has 72 valence electrons. The Bertz CT molecular complexity index is 296. The molecule has 2 nitrogen and oxygen atoms in total. The van der Waals surface area contributed by atoms with Crippen LogP contribution in [0.15, 0.2) is 16.6 Å². The van der Waals surface area contributed by atoms with Crippen molar-refractivity contribution in [3.8, 4) is 0 Å². The van der Waals surface area contributed by atoms with Gasteiger partial charge in [-0.1, -0.05) is 15.9 Å². The van der Waals surface area contributed by atoms with Crippen LogP contribution < -0.4 is 5.90 Å². The molecule has 5 heteroatoms. The van der Waals surface area contributed by atoms with Gasteiger partial charge in [-0.15, -0.1) is 0 Å². The first-order chi connectivity index (χ1) is 6.06. The molecule has 1 aromatic rings. The van der Waals surface area contributed by atoms with E-state index in [1.807, 2.05) is 0 Å². The van der Waals surface area contributed by atoms with Gasteiger partial charge in [0.15, 0.2) is 0 Å². The highest BCUT2D eigenvalue weighted by Crippen LogP contribution is 2.25. The van der Waals surface area contributed by atoms with E-state index >= 15 is 0 Å². The molecular formula is C8H8BrF2NO. The summed E-state index contributed by atoms with van der Waals surface area (Å²) in [7, 11) is 0. The van der Waals surface area contributed by atoms with Crippen molar-refractivity contribution in [2.45, 2.75) is 13.0 Å². The van der Waals surface area contributed by atoms with Crippen molar-refractivity contribution in [3.05, 3.63) is 33.8 Å². The fourth-order valence-corrected chi connectivity index (χ4v) is 1.41. The molecule has 0 saturated carbocycles. The maximum atomic E-state index is 13.1. The second kappa shape index (κ2) is 4.13. The summed E-state index contributed by atoms with van der Waals surface area (Å²) in [5, 5.41) is 0. The van der Waals surface area contributed by atoms with E-state index in [4.69, 9.17) is 5.90 Å². The Kier molecular flexibility index (Phi) is 3.35. The average Bonchev–Trinajstić information content (AvgIpc) is 2.02. The molecular weight excluding hydrogens is 244 g/mol. The molecule has 0 radical (unpaired) electrons. The highest BCUT2D eigenvalue weighted by Gasteiger charge is 2.16. The summed E-state index contributed by atoms with van der Waals surface area (Å²) in [5.41, 5.74) is -0.161. The first-order valence-corrected chi connectivity index (χ1v) is 4.35. The van der Waals surface area contributed by atoms with E-state index in [0.29, 0.717) is 4.47 Å². The number of benzene rings is 1. The van der Waals surface area contributed by atoms with Gasteiger partial charge in [-0.05, 0) is 19.1 Å². The largest absolute Gasteiger partial charge is 0.297 e. The van der Waals surface area contributed by atoms with Crippen LogP contribution in [0.1, 0.15) is 18.6 Å². The molecule has 0 aliphatic carbocycles. The number of nitrogens with two attached hydrogens (primary N) is 1. The quantitative estimate of drug-likeness (QED) is 0.821. The van der Waals surface area contributed by atoms with Gasteiger partial charge in [0, 0.05) is 4.47 Å². The van der Waals surface area contributed by atoms with Crippen LogP contribution in [0.3, 0.4) is 0 Å². The minimum Gasteiger partial charge on any atom is -0.297 e. The second-order valence-corrected chi connectivity index (χ2v) is 3.48. The highest BCUT2D eigenvalue weighted by molar-refractivity contribution is 9.10. The Morgan fingerprint density at radius 2 is 1.85 bits per heavy atom. The van der Waals surface area contributed by atoms with Crippen LogP contribution in [-0.4, -0.2) is 0 Å². The minimum absolute atomic E-state index is 0.161. The van der Waals surface area contributed by atoms with Crippen LogP contribution in [0, 0.1) is 11.6 Å². The molecule has 0 aliphatic rings. The molecule has 0 fully saturated rings. The third-order valence-corrected chi connectivity index (χ3v) is 2.11. The highest BCUT2D eigenvalue weighted by atomic mass is 79.9. The Balaban J connectivity index is 3.20. The lowest BCUT2D eigenvalue weighted by Gasteiger charge is -2.11. The first kappa shape index (κ1) is 10.6. The van der Waals surface area contributed by atoms with Crippen molar-refractivity contribution in [3.63, 3.8) is 0 Å². The lowest BCUT2D eigenvalue weighted by Crippen LogP contribution is -2.09. The molecule has 0 aromatic heterocycles. The zero-order valence-electron chi connectivity index (χ0n) is 6.85. The lowest BCUT2D eigenvalue weighted by atomic mass is 10.1. The Morgan fingerprint density at radius 1 is 1.38 bits per heavy atom. The number of hydrogen-bond donors (Lipinski definition) is 1. The summed E-state index contributed by atoms with van der Waals surface area (Å²) in [6, 6.07) is 2.32. The first-order valence-electron chi connectivity index (χ1n) is 3.56. The number of rotatable bonds is 2. The van der Waals surface area contributed by atoms with E-state index in [1.54, 1.807) is 0 Å². The number of hydrogen-bond acceptors (Lipinski definition) is 2. The molecule has 13 heavy (non-hydrogen) atoms. The smallest absolute Gasteiger partial charge is 0.133 e. The van der Waals surface area contributed by atoms with Gasteiger partial charge in [0.1, 0.15) is 17.7 Å². The topological polar surface area (TPSA) is 35.2 Å². The van der Waals surface area contributed by atoms with Crippen LogP contribution in [-0.2, 0) is 4.84 Å². The fraction of sp³-hybridized carbons (Fsp3) is 0.250. The van der Waals surface area contributed by atoms with E-state index in [2.05, 4.69) is 20.8 Å². The molecule has 1 atom stereocenters. The third-order valence-electron chi connectivity index (χ3n) is 1.65. The predicted molar refractivity (Wildman–Crippen MR) is 47.7 cm³/mol. The summed E-state index contributed by atoms with van der Waals surface area (Å²) in [4.78, 5) is 4.34. The molecule has 1 rings (SSSR count). The van der Waals surface area contributed by atoms with Crippen LogP contribution in [0.4, 0.5) is 8.78 Å². The van der Waals surface area contributed by atoms with E-state index < -0.39 is 17.7 Å². The van der Waals surface area contributed by atoms with Crippen molar-refractivity contribution in [1.29, 1.82) is 0 Å². The van der Waals surface area contributed by atoms with E-state index in [9.17, 15) is 8.78 Å². The van der Waals surface area contributed by atoms with Crippen molar-refractivity contribution >= 4 is 15.9 Å². The summed E-state index contributed by atoms with van der Waals surface area (Å²) in [5.74, 6) is 3.48. The zero-order valence-corrected chi connectivity index (χ0v) is 8.44. The van der Waals surface area contributed by atoms with E-state index in [-0.39, 0.29) is 5.56 Å². The van der Waals surface area contributed by atoms with Gasteiger partial charge in [0.05, 0.1) is 5.56 Å². The van der Waals surface area contributed by atoms with Crippen molar-refractivity contribution < 1.29 is 13.6 Å². The van der Waals surface area contributed by atoms with Gasteiger partial charge in [-0.2, -0.15) is 0 Å². The van der Waals surface area contributed by atoms with Crippen LogP contribution in [0.2, 0.25) is 0 Å². The van der Waals surface area contributed by atoms with E-state index in [0.717, 1.165) is 12.1 Å². The lowest BCUT2D eigenvalue weighted by molar-refractivity contribution is 0.0611. The van der Waals surface area contributed by atoms with Gasteiger partial charge in [0.2, 0.25) is 0 Å². The van der Waals surface area contributed by atoms with Crippen LogP contribution in [0.5, 0.6) is 0 Å². The van der Waals surface area contributed by atoms with Gasteiger partial charge >= 0.3 is 0 Å². The molecule has 0 spiro atoms. The van der Waals surface area contributed by atoms with E-state index in [1.165, 1.54) is 6.92 Å². The Morgan fingerprint density at radius 3 is 2.23 bits per heavy atom. The summed E-state index contributed by atoms with van der Waals surface area (Å²) >= 11 is 2.97. The van der Waals surface area contributed by atoms with Crippen LogP contribution >= 0.6 is 15.9 Å². The predicted octanol–water partition coefficient (Wildman–Crippen LogP) is 2.68. The second-order valence-electron chi connectivity index (χ2n) is 2.56. The minimum atomic E-state index is -0.798. The maximum Gasteiger partial charge on any atom is 0.133 e. The molecule has 0 bridgehead atoms. The summed E-state index contributed by atoms with van der Waals surface area (Å²) in [6.45, 7) is 1.47. The molecule has 0 aliphatic heterocycles. The summed E-state index contributed by atoms with van der Waals surface area (Å²) < 4.78 is 26.6. The third kappa shape index (κ3) is 2.24. The van der Waals surface area contributed by atoms with Crippen molar-refractivity contribution in [1.82, 2.24) is 0 Å². The molecule has 1 aromatic carbocycles. The standard InChI is InChI=1S/C8H8BrF2NO/c1-4(13-12)8-6(10)2-5(9)3-7(8)11/h2-4H,12H2,1H3. The maximum absolute atomic E-state index is 13.1. The Hall–Kier alpha value is -0.520. The Labute approximate surface area is 82.8 Å². The zero-order chi connectivity index (χ0) is 10.0. The molecule has 0 saturated heterocycles. The molecule has 2 N–H and O–H groups in total.